The number of benzene rings is 3. The third-order valence-corrected chi connectivity index (χ3v) is 5.28. The van der Waals surface area contributed by atoms with Gasteiger partial charge in [-0.2, -0.15) is 4.98 Å². The zero-order valence-corrected chi connectivity index (χ0v) is 18.2. The van der Waals surface area contributed by atoms with Crippen LogP contribution < -0.4 is 10.4 Å². The molecule has 0 aliphatic carbocycles. The second kappa shape index (κ2) is 9.36. The van der Waals surface area contributed by atoms with Gasteiger partial charge in [-0.15, -0.1) is 6.42 Å². The van der Waals surface area contributed by atoms with Crippen molar-refractivity contribution in [2.75, 3.05) is 6.61 Å². The molecule has 0 aliphatic rings. The third-order valence-electron chi connectivity index (χ3n) is 5.28. The second-order valence-electron chi connectivity index (χ2n) is 7.79. The predicted octanol–water partition coefficient (Wildman–Crippen LogP) is 5.83. The molecule has 0 spiro atoms. The van der Waals surface area contributed by atoms with Crippen molar-refractivity contribution in [2.45, 2.75) is 19.8 Å². The normalized spacial score (nSPS) is 11.2. The fourth-order valence-corrected chi connectivity index (χ4v) is 3.56. The van der Waals surface area contributed by atoms with E-state index < -0.39 is 0 Å². The quantitative estimate of drug-likeness (QED) is 0.369. The molecule has 0 atom stereocenters. The van der Waals surface area contributed by atoms with Crippen molar-refractivity contribution < 1.29 is 4.74 Å². The zero-order chi connectivity index (χ0) is 22.5. The molecule has 4 heteroatoms. The summed E-state index contributed by atoms with van der Waals surface area (Å²) in [5.74, 6) is 3.54. The highest BCUT2D eigenvalue weighted by Crippen LogP contribution is 2.30. The summed E-state index contributed by atoms with van der Waals surface area (Å²) in [5, 5.41) is 0.814. The van der Waals surface area contributed by atoms with Gasteiger partial charge in [0.15, 0.2) is 0 Å². The van der Waals surface area contributed by atoms with Gasteiger partial charge in [0.25, 0.3) is 0 Å². The Bertz CT molecular complexity index is 1360. The molecular formula is C28H24N2O2. The highest BCUT2D eigenvalue weighted by molar-refractivity contribution is 5.94. The van der Waals surface area contributed by atoms with Crippen LogP contribution >= 0.6 is 0 Å². The van der Waals surface area contributed by atoms with Crippen LogP contribution in [0.4, 0.5) is 0 Å². The first-order valence-corrected chi connectivity index (χ1v) is 10.5. The fraction of sp³-hybridized carbons (Fsp3) is 0.143. The summed E-state index contributed by atoms with van der Waals surface area (Å²) in [5.41, 5.74) is 4.13. The van der Waals surface area contributed by atoms with E-state index in [0.29, 0.717) is 17.4 Å². The first-order chi connectivity index (χ1) is 15.6. The minimum atomic E-state index is -0.343. The predicted molar refractivity (Wildman–Crippen MR) is 132 cm³/mol. The van der Waals surface area contributed by atoms with E-state index in [4.69, 9.17) is 11.2 Å². The first-order valence-electron chi connectivity index (χ1n) is 10.5. The number of nitrogens with zero attached hydrogens (tertiary/aromatic N) is 2. The number of terminal acetylenes is 1. The average molecular weight is 421 g/mol. The number of aromatic nitrogens is 2. The molecule has 0 unspecified atom stereocenters. The zero-order valence-electron chi connectivity index (χ0n) is 18.2. The van der Waals surface area contributed by atoms with Crippen LogP contribution in [0.2, 0.25) is 0 Å². The molecule has 1 heterocycles. The van der Waals surface area contributed by atoms with E-state index in [0.717, 1.165) is 22.0 Å². The van der Waals surface area contributed by atoms with Crippen molar-refractivity contribution in [3.63, 3.8) is 0 Å². The lowest BCUT2D eigenvalue weighted by atomic mass is 9.99. The Labute approximate surface area is 187 Å². The van der Waals surface area contributed by atoms with Crippen molar-refractivity contribution in [1.82, 2.24) is 9.55 Å². The second-order valence-corrected chi connectivity index (χ2v) is 7.79. The number of ether oxygens (including phenoxy) is 1. The molecule has 0 radical (unpaired) electrons. The Kier molecular flexibility index (Phi) is 6.19. The largest absolute Gasteiger partial charge is 0.481 e. The lowest BCUT2D eigenvalue weighted by Gasteiger charge is -2.13. The van der Waals surface area contributed by atoms with Gasteiger partial charge in [0, 0.05) is 17.1 Å². The number of fused-ring (bicyclic) bond motifs is 1. The Morgan fingerprint density at radius 1 is 1.06 bits per heavy atom. The summed E-state index contributed by atoms with van der Waals surface area (Å²) in [4.78, 5) is 17.5. The van der Waals surface area contributed by atoms with Gasteiger partial charge >= 0.3 is 5.69 Å². The molecular weight excluding hydrogens is 396 g/mol. The minimum absolute atomic E-state index is 0.172. The van der Waals surface area contributed by atoms with Crippen LogP contribution in [-0.2, 0) is 0 Å². The summed E-state index contributed by atoms with van der Waals surface area (Å²) in [6, 6.07) is 23.6. The molecule has 0 saturated heterocycles. The molecule has 0 bridgehead atoms. The van der Waals surface area contributed by atoms with E-state index in [9.17, 15) is 4.79 Å². The van der Waals surface area contributed by atoms with Crippen molar-refractivity contribution in [3.05, 3.63) is 94.4 Å². The molecule has 158 valence electrons. The van der Waals surface area contributed by atoms with Crippen molar-refractivity contribution in [3.8, 4) is 29.4 Å². The lowest BCUT2D eigenvalue weighted by molar-refractivity contribution is 0.371. The standard InChI is InChI=1S/C28H24N2O2/c1-4-18-32-24-14-15-26-25(19-24)27(23-12-10-22(11-13-23)20(2)3)29-28(31)30(26)17-16-21-8-6-5-7-9-21/h1,5-17,19-20H,18H2,2-3H3. The summed E-state index contributed by atoms with van der Waals surface area (Å²) >= 11 is 0. The van der Waals surface area contributed by atoms with Crippen LogP contribution in [0.3, 0.4) is 0 Å². The fourth-order valence-electron chi connectivity index (χ4n) is 3.56. The van der Waals surface area contributed by atoms with Crippen LogP contribution in [0.5, 0.6) is 5.75 Å². The summed E-state index contributed by atoms with van der Waals surface area (Å²) in [6.07, 6.45) is 8.99. The van der Waals surface area contributed by atoms with Gasteiger partial charge in [0.05, 0.1) is 11.2 Å². The summed E-state index contributed by atoms with van der Waals surface area (Å²) in [6.45, 7) is 4.47. The molecule has 0 N–H and O–H groups in total. The van der Waals surface area contributed by atoms with E-state index in [1.54, 1.807) is 10.8 Å². The van der Waals surface area contributed by atoms with E-state index in [1.165, 1.54) is 5.56 Å². The third kappa shape index (κ3) is 4.48. The monoisotopic (exact) mass is 420 g/mol. The molecule has 1 aromatic heterocycles. The number of hydrogen-bond donors (Lipinski definition) is 0. The van der Waals surface area contributed by atoms with E-state index in [-0.39, 0.29) is 12.3 Å². The van der Waals surface area contributed by atoms with Gasteiger partial charge in [-0.25, -0.2) is 4.79 Å². The smallest absolute Gasteiger partial charge is 0.352 e. The maximum Gasteiger partial charge on any atom is 0.352 e. The Morgan fingerprint density at radius 2 is 1.81 bits per heavy atom. The van der Waals surface area contributed by atoms with Crippen molar-refractivity contribution in [2.24, 2.45) is 0 Å². The summed E-state index contributed by atoms with van der Waals surface area (Å²) in [7, 11) is 0. The van der Waals surface area contributed by atoms with Gasteiger partial charge < -0.3 is 4.74 Å². The van der Waals surface area contributed by atoms with Crippen molar-refractivity contribution in [1.29, 1.82) is 0 Å². The molecule has 0 amide bonds. The minimum Gasteiger partial charge on any atom is -0.481 e. The van der Waals surface area contributed by atoms with Gasteiger partial charge in [0.1, 0.15) is 12.4 Å². The van der Waals surface area contributed by atoms with Crippen LogP contribution in [0.15, 0.2) is 77.6 Å². The van der Waals surface area contributed by atoms with Crippen LogP contribution in [-0.4, -0.2) is 16.2 Å². The maximum absolute atomic E-state index is 13.0. The topological polar surface area (TPSA) is 44.1 Å². The van der Waals surface area contributed by atoms with Crippen LogP contribution in [0.1, 0.15) is 30.9 Å². The average Bonchev–Trinajstić information content (AvgIpc) is 2.82. The lowest BCUT2D eigenvalue weighted by Crippen LogP contribution is -2.20. The van der Waals surface area contributed by atoms with Crippen molar-refractivity contribution >= 4 is 23.2 Å². The van der Waals surface area contributed by atoms with Crippen LogP contribution in [0, 0.1) is 12.3 Å². The Hall–Kier alpha value is -4.10. The van der Waals surface area contributed by atoms with Gasteiger partial charge in [-0.05, 0) is 41.3 Å². The molecule has 4 nitrogen and oxygen atoms in total. The summed E-state index contributed by atoms with van der Waals surface area (Å²) < 4.78 is 7.19. The Morgan fingerprint density at radius 3 is 2.50 bits per heavy atom. The first kappa shape index (κ1) is 21.1. The van der Waals surface area contributed by atoms with Gasteiger partial charge in [-0.1, -0.05) is 74.4 Å². The number of hydrogen-bond acceptors (Lipinski definition) is 3. The van der Waals surface area contributed by atoms with Gasteiger partial charge in [-0.3, -0.25) is 4.57 Å². The molecule has 0 aliphatic heterocycles. The van der Waals surface area contributed by atoms with E-state index >= 15 is 0 Å². The molecule has 0 saturated carbocycles. The highest BCUT2D eigenvalue weighted by Gasteiger charge is 2.13. The molecule has 4 aromatic rings. The highest BCUT2D eigenvalue weighted by atomic mass is 16.5. The SMILES string of the molecule is C#CCOc1ccc2c(c1)c(-c1ccc(C(C)C)cc1)nc(=O)n2C=Cc1ccccc1. The number of rotatable bonds is 6. The Balaban J connectivity index is 1.89. The molecule has 3 aromatic carbocycles. The van der Waals surface area contributed by atoms with Gasteiger partial charge in [0.2, 0.25) is 0 Å². The molecule has 32 heavy (non-hydrogen) atoms. The van der Waals surface area contributed by atoms with E-state index in [2.05, 4.69) is 36.9 Å². The maximum atomic E-state index is 13.0. The van der Waals surface area contributed by atoms with E-state index in [1.807, 2.05) is 66.7 Å². The van der Waals surface area contributed by atoms with Crippen LogP contribution in [0.25, 0.3) is 34.4 Å². The molecule has 4 rings (SSSR count). The molecule has 0 fully saturated rings.